The van der Waals surface area contributed by atoms with Gasteiger partial charge < -0.3 is 15.4 Å². The molecule has 0 aliphatic carbocycles. The van der Waals surface area contributed by atoms with Gasteiger partial charge in [-0.2, -0.15) is 13.2 Å². The van der Waals surface area contributed by atoms with Crippen molar-refractivity contribution in [2.24, 2.45) is 0 Å². The summed E-state index contributed by atoms with van der Waals surface area (Å²) in [4.78, 5) is 27.6. The lowest BCUT2D eigenvalue weighted by molar-refractivity contribution is -0.137. The van der Waals surface area contributed by atoms with Gasteiger partial charge in [0, 0.05) is 18.3 Å². The van der Waals surface area contributed by atoms with Crippen LogP contribution in [0.25, 0.3) is 0 Å². The predicted molar refractivity (Wildman–Crippen MR) is 109 cm³/mol. The Morgan fingerprint density at radius 1 is 1.10 bits per heavy atom. The lowest BCUT2D eigenvalue weighted by atomic mass is 10.1. The molecule has 2 amide bonds. The van der Waals surface area contributed by atoms with E-state index in [0.29, 0.717) is 11.9 Å². The number of ether oxygens (including phenoxy) is 1. The summed E-state index contributed by atoms with van der Waals surface area (Å²) < 4.78 is 43.0. The number of halogens is 3. The number of hydrogen-bond acceptors (Lipinski definition) is 4. The van der Waals surface area contributed by atoms with Gasteiger partial charge in [0.25, 0.3) is 5.91 Å². The van der Waals surface area contributed by atoms with Crippen LogP contribution in [-0.4, -0.2) is 29.9 Å². The maximum atomic E-state index is 12.5. The summed E-state index contributed by atoms with van der Waals surface area (Å²) in [5.41, 5.74) is 1.84. The molecular formula is C22H24F3N3O3. The van der Waals surface area contributed by atoms with E-state index in [9.17, 15) is 22.8 Å². The van der Waals surface area contributed by atoms with E-state index in [1.807, 2.05) is 26.0 Å². The van der Waals surface area contributed by atoms with Crippen molar-refractivity contribution in [2.45, 2.75) is 33.0 Å². The van der Waals surface area contributed by atoms with Crippen LogP contribution >= 0.6 is 0 Å². The summed E-state index contributed by atoms with van der Waals surface area (Å²) in [5, 5.41) is 5.17. The second-order valence-electron chi connectivity index (χ2n) is 6.96. The molecule has 1 aromatic heterocycles. The Kier molecular flexibility index (Phi) is 8.18. The lowest BCUT2D eigenvalue weighted by Crippen LogP contribution is -2.31. The SMILES string of the molecule is C=C(CCNC(=O)COc1ccc(C)c(C)c1)C(=O)NCc1ccc(C(F)(F)F)cn1. The van der Waals surface area contributed by atoms with Crippen molar-refractivity contribution in [2.75, 3.05) is 13.2 Å². The molecule has 166 valence electrons. The fourth-order valence-electron chi connectivity index (χ4n) is 2.46. The Balaban J connectivity index is 1.67. The van der Waals surface area contributed by atoms with E-state index < -0.39 is 17.6 Å². The van der Waals surface area contributed by atoms with Crippen LogP contribution < -0.4 is 15.4 Å². The van der Waals surface area contributed by atoms with Crippen molar-refractivity contribution in [3.8, 4) is 5.75 Å². The average Bonchev–Trinajstić information content (AvgIpc) is 2.72. The number of amides is 2. The number of pyridine rings is 1. The molecule has 1 heterocycles. The number of carbonyl (C=O) groups excluding carboxylic acids is 2. The summed E-state index contributed by atoms with van der Waals surface area (Å²) in [7, 11) is 0. The van der Waals surface area contributed by atoms with Crippen LogP contribution in [0.2, 0.25) is 0 Å². The van der Waals surface area contributed by atoms with Crippen molar-refractivity contribution >= 4 is 11.8 Å². The maximum absolute atomic E-state index is 12.5. The van der Waals surface area contributed by atoms with Gasteiger partial charge in [0.1, 0.15) is 5.75 Å². The molecule has 2 N–H and O–H groups in total. The minimum Gasteiger partial charge on any atom is -0.484 e. The zero-order chi connectivity index (χ0) is 23.0. The molecule has 1 aromatic carbocycles. The van der Waals surface area contributed by atoms with Crippen molar-refractivity contribution in [3.05, 3.63) is 71.1 Å². The van der Waals surface area contributed by atoms with Gasteiger partial charge in [0.2, 0.25) is 5.91 Å². The Labute approximate surface area is 178 Å². The molecule has 6 nitrogen and oxygen atoms in total. The number of nitrogens with one attached hydrogen (secondary N) is 2. The first-order valence-electron chi connectivity index (χ1n) is 9.51. The highest BCUT2D eigenvalue weighted by Gasteiger charge is 2.30. The molecule has 0 spiro atoms. The van der Waals surface area contributed by atoms with Crippen molar-refractivity contribution in [3.63, 3.8) is 0 Å². The van der Waals surface area contributed by atoms with E-state index in [1.165, 1.54) is 6.07 Å². The largest absolute Gasteiger partial charge is 0.484 e. The molecule has 0 saturated heterocycles. The molecule has 31 heavy (non-hydrogen) atoms. The molecular weight excluding hydrogens is 411 g/mol. The first-order chi connectivity index (χ1) is 14.6. The summed E-state index contributed by atoms with van der Waals surface area (Å²) in [6.45, 7) is 7.60. The quantitative estimate of drug-likeness (QED) is 0.591. The van der Waals surface area contributed by atoms with Crippen LogP contribution in [0.3, 0.4) is 0 Å². The Bertz CT molecular complexity index is 941. The van der Waals surface area contributed by atoms with Crippen molar-refractivity contribution < 1.29 is 27.5 Å². The van der Waals surface area contributed by atoms with E-state index in [4.69, 9.17) is 4.74 Å². The minimum atomic E-state index is -4.46. The van der Waals surface area contributed by atoms with Gasteiger partial charge in [-0.1, -0.05) is 12.6 Å². The predicted octanol–water partition coefficient (Wildman–Crippen LogP) is 3.47. The minimum absolute atomic E-state index is 0.0356. The number of nitrogens with zero attached hydrogens (tertiary/aromatic N) is 1. The van der Waals surface area contributed by atoms with Crippen LogP contribution in [0, 0.1) is 13.8 Å². The Morgan fingerprint density at radius 3 is 2.45 bits per heavy atom. The average molecular weight is 435 g/mol. The van der Waals surface area contributed by atoms with Crippen molar-refractivity contribution in [1.82, 2.24) is 15.6 Å². The second kappa shape index (κ2) is 10.6. The number of aryl methyl sites for hydroxylation is 2. The zero-order valence-electron chi connectivity index (χ0n) is 17.3. The molecule has 0 radical (unpaired) electrons. The van der Waals surface area contributed by atoms with Gasteiger partial charge >= 0.3 is 6.18 Å². The number of hydrogen-bond donors (Lipinski definition) is 2. The highest BCUT2D eigenvalue weighted by molar-refractivity contribution is 5.92. The van der Waals surface area contributed by atoms with Crippen LogP contribution in [0.15, 0.2) is 48.7 Å². The topological polar surface area (TPSA) is 80.3 Å². The molecule has 0 bridgehead atoms. The smallest absolute Gasteiger partial charge is 0.417 e. The zero-order valence-corrected chi connectivity index (χ0v) is 17.3. The molecule has 0 aliphatic rings. The van der Waals surface area contributed by atoms with Crippen LogP contribution in [0.1, 0.15) is 28.8 Å². The fourth-order valence-corrected chi connectivity index (χ4v) is 2.46. The Hall–Kier alpha value is -3.36. The first kappa shape index (κ1) is 23.9. The van der Waals surface area contributed by atoms with Crippen LogP contribution in [0.4, 0.5) is 13.2 Å². The fraction of sp³-hybridized carbons (Fsp3) is 0.318. The highest BCUT2D eigenvalue weighted by Crippen LogP contribution is 2.28. The van der Waals surface area contributed by atoms with E-state index in [0.717, 1.165) is 17.2 Å². The van der Waals surface area contributed by atoms with E-state index in [2.05, 4.69) is 22.2 Å². The van der Waals surface area contributed by atoms with Gasteiger partial charge in [0.15, 0.2) is 6.61 Å². The molecule has 0 aliphatic heterocycles. The van der Waals surface area contributed by atoms with Gasteiger partial charge in [-0.15, -0.1) is 0 Å². The summed E-state index contributed by atoms with van der Waals surface area (Å²) in [5.74, 6) is -0.207. The molecule has 0 atom stereocenters. The molecule has 0 unspecified atom stereocenters. The number of rotatable bonds is 9. The van der Waals surface area contributed by atoms with Crippen LogP contribution in [-0.2, 0) is 22.3 Å². The third-order valence-electron chi connectivity index (χ3n) is 4.50. The first-order valence-corrected chi connectivity index (χ1v) is 9.51. The number of carbonyl (C=O) groups is 2. The van der Waals surface area contributed by atoms with Crippen LogP contribution in [0.5, 0.6) is 5.75 Å². The number of benzene rings is 1. The summed E-state index contributed by atoms with van der Waals surface area (Å²) in [6, 6.07) is 7.64. The van der Waals surface area contributed by atoms with Gasteiger partial charge in [-0.3, -0.25) is 14.6 Å². The maximum Gasteiger partial charge on any atom is 0.417 e. The Morgan fingerprint density at radius 2 is 1.84 bits per heavy atom. The molecule has 9 heteroatoms. The standard InChI is InChI=1S/C22H24F3N3O3/c1-14-4-7-19(10-16(14)3)31-13-20(29)26-9-8-15(2)21(30)28-12-18-6-5-17(11-27-18)22(23,24)25/h4-7,10-11H,2,8-9,12-13H2,1,3H3,(H,26,29)(H,28,30). The highest BCUT2D eigenvalue weighted by atomic mass is 19.4. The third-order valence-corrected chi connectivity index (χ3v) is 4.50. The number of alkyl halides is 3. The third kappa shape index (κ3) is 7.76. The van der Waals surface area contributed by atoms with Gasteiger partial charge in [0.05, 0.1) is 17.8 Å². The van der Waals surface area contributed by atoms with Crippen molar-refractivity contribution in [1.29, 1.82) is 0 Å². The lowest BCUT2D eigenvalue weighted by Gasteiger charge is -2.11. The summed E-state index contributed by atoms with van der Waals surface area (Å²) >= 11 is 0. The van der Waals surface area contributed by atoms with E-state index in [1.54, 1.807) is 6.07 Å². The molecule has 0 saturated carbocycles. The molecule has 0 fully saturated rings. The molecule has 2 aromatic rings. The second-order valence-corrected chi connectivity index (χ2v) is 6.96. The van der Waals surface area contributed by atoms with E-state index in [-0.39, 0.29) is 43.3 Å². The monoisotopic (exact) mass is 435 g/mol. The van der Waals surface area contributed by atoms with Gasteiger partial charge in [-0.05, 0) is 55.7 Å². The number of aromatic nitrogens is 1. The molecule has 2 rings (SSSR count). The van der Waals surface area contributed by atoms with E-state index >= 15 is 0 Å². The van der Waals surface area contributed by atoms with Gasteiger partial charge in [-0.25, -0.2) is 0 Å². The summed E-state index contributed by atoms with van der Waals surface area (Å²) in [6.07, 6.45) is -3.54. The normalized spacial score (nSPS) is 11.0.